The summed E-state index contributed by atoms with van der Waals surface area (Å²) >= 11 is 3.50. The van der Waals surface area contributed by atoms with Crippen LogP contribution in [0.15, 0.2) is 46.2 Å². The summed E-state index contributed by atoms with van der Waals surface area (Å²) in [6, 6.07) is 14.3. The van der Waals surface area contributed by atoms with Crippen molar-refractivity contribution in [2.24, 2.45) is 11.3 Å². The van der Waals surface area contributed by atoms with Gasteiger partial charge in [-0.15, -0.1) is 23.5 Å². The molecule has 7 nitrogen and oxygen atoms in total. The highest BCUT2D eigenvalue weighted by Crippen LogP contribution is 2.47. The summed E-state index contributed by atoms with van der Waals surface area (Å²) in [5, 5.41) is 3.86. The Morgan fingerprint density at radius 1 is 0.854 bits per heavy atom. The van der Waals surface area contributed by atoms with Gasteiger partial charge in [0.2, 0.25) is 5.91 Å². The third-order valence-corrected chi connectivity index (χ3v) is 12.0. The van der Waals surface area contributed by atoms with Crippen LogP contribution in [0.25, 0.3) is 0 Å². The molecule has 3 heterocycles. The summed E-state index contributed by atoms with van der Waals surface area (Å²) in [5.41, 5.74) is 4.69. The SMILES string of the molecule is CSc1ccc2c(c1)CN(C(=O)OC(C)(C)C)CC2.CSc1ccc2c(c1)CN(C(=O)[C@@]1(C(C)C)CC[C@@H](NC3CCOCC3)C1)CC2. The third kappa shape index (κ3) is 9.12. The number of nitrogens with zero attached hydrogens (tertiary/aromatic N) is 2. The van der Waals surface area contributed by atoms with Crippen molar-refractivity contribution in [2.45, 2.75) is 120 Å². The fourth-order valence-electron chi connectivity index (χ4n) is 7.67. The van der Waals surface area contributed by atoms with Crippen LogP contribution in [0.5, 0.6) is 0 Å². The van der Waals surface area contributed by atoms with Crippen LogP contribution in [-0.4, -0.2) is 78.3 Å². The van der Waals surface area contributed by atoms with E-state index in [1.165, 1.54) is 32.0 Å². The van der Waals surface area contributed by atoms with Crippen LogP contribution in [0.2, 0.25) is 0 Å². The van der Waals surface area contributed by atoms with E-state index in [2.05, 4.69) is 73.0 Å². The number of benzene rings is 2. The van der Waals surface area contributed by atoms with Crippen LogP contribution < -0.4 is 5.32 Å². The largest absolute Gasteiger partial charge is 0.444 e. The standard InChI is InChI=1S/C24H36N2O2S.C15H21NO2S/c1-17(2)24(10-6-21(15-24)25-20-8-12-28-13-9-20)23(27)26-11-7-18-4-5-22(29-3)14-19(18)16-26;1-15(2,3)18-14(17)16-8-7-11-5-6-13(19-4)9-12(11)10-16/h4-5,14,17,20-21,25H,6-13,15-16H2,1-3H3;5-6,9H,7-8,10H2,1-4H3/t21-,24+;/m1./s1. The Morgan fingerprint density at radius 3 is 1.96 bits per heavy atom. The zero-order chi connectivity index (χ0) is 34.5. The predicted molar refractivity (Wildman–Crippen MR) is 198 cm³/mol. The minimum absolute atomic E-state index is 0.211. The second-order valence-electron chi connectivity index (χ2n) is 15.2. The summed E-state index contributed by atoms with van der Waals surface area (Å²) in [5.74, 6) is 0.763. The molecule has 0 radical (unpaired) electrons. The van der Waals surface area contributed by atoms with Crippen LogP contribution in [0.3, 0.4) is 0 Å². The van der Waals surface area contributed by atoms with E-state index < -0.39 is 5.60 Å². The molecule has 0 aromatic heterocycles. The van der Waals surface area contributed by atoms with Gasteiger partial charge in [-0.25, -0.2) is 4.79 Å². The summed E-state index contributed by atoms with van der Waals surface area (Å²) in [6.45, 7) is 14.9. The van der Waals surface area contributed by atoms with Gasteiger partial charge in [-0.3, -0.25) is 4.79 Å². The van der Waals surface area contributed by atoms with Crippen molar-refractivity contribution >= 4 is 35.5 Å². The first kappa shape index (κ1) is 37.1. The number of ether oxygens (including phenoxy) is 2. The number of carbonyl (C=O) groups excluding carboxylic acids is 2. The molecule has 1 saturated carbocycles. The highest BCUT2D eigenvalue weighted by Gasteiger charge is 2.49. The Kier molecular flexibility index (Phi) is 12.5. The van der Waals surface area contributed by atoms with Crippen LogP contribution in [-0.2, 0) is 40.2 Å². The predicted octanol–water partition coefficient (Wildman–Crippen LogP) is 7.96. The van der Waals surface area contributed by atoms with E-state index in [4.69, 9.17) is 9.47 Å². The molecular weight excluding hydrogens is 639 g/mol. The van der Waals surface area contributed by atoms with E-state index in [9.17, 15) is 9.59 Å². The van der Waals surface area contributed by atoms with Gasteiger partial charge in [0.05, 0.1) is 5.41 Å². The normalized spacial score (nSPS) is 22.9. The lowest BCUT2D eigenvalue weighted by Crippen LogP contribution is -2.48. The molecule has 2 fully saturated rings. The molecule has 2 amide bonds. The number of thioether (sulfide) groups is 2. The molecule has 48 heavy (non-hydrogen) atoms. The molecule has 0 spiro atoms. The Bertz CT molecular complexity index is 1420. The summed E-state index contributed by atoms with van der Waals surface area (Å²) < 4.78 is 10.9. The minimum atomic E-state index is -0.432. The Hall–Kier alpha value is -2.20. The van der Waals surface area contributed by atoms with Gasteiger partial charge in [-0.2, -0.15) is 0 Å². The maximum Gasteiger partial charge on any atom is 0.410 e. The van der Waals surface area contributed by atoms with E-state index in [1.54, 1.807) is 28.4 Å². The van der Waals surface area contributed by atoms with E-state index in [1.807, 2.05) is 20.8 Å². The number of hydrogen-bond donors (Lipinski definition) is 1. The Labute approximate surface area is 297 Å². The molecule has 2 aromatic rings. The van der Waals surface area contributed by atoms with Crippen molar-refractivity contribution in [3.8, 4) is 0 Å². The van der Waals surface area contributed by atoms with Crippen molar-refractivity contribution in [3.63, 3.8) is 0 Å². The summed E-state index contributed by atoms with van der Waals surface area (Å²) in [4.78, 5) is 32.4. The highest BCUT2D eigenvalue weighted by molar-refractivity contribution is 7.98. The molecule has 2 aromatic carbocycles. The lowest BCUT2D eigenvalue weighted by molar-refractivity contribution is -0.145. The van der Waals surface area contributed by atoms with Gasteiger partial charge >= 0.3 is 6.09 Å². The maximum atomic E-state index is 13.8. The van der Waals surface area contributed by atoms with Crippen LogP contribution in [0.1, 0.15) is 89.0 Å². The van der Waals surface area contributed by atoms with E-state index in [-0.39, 0.29) is 11.5 Å². The van der Waals surface area contributed by atoms with Crippen molar-refractivity contribution in [1.82, 2.24) is 15.1 Å². The first-order valence-corrected chi connectivity index (χ1v) is 20.3. The highest BCUT2D eigenvalue weighted by atomic mass is 32.2. The van der Waals surface area contributed by atoms with Gasteiger partial charge in [0, 0.05) is 61.3 Å². The molecule has 4 aliphatic rings. The van der Waals surface area contributed by atoms with E-state index >= 15 is 0 Å². The second kappa shape index (κ2) is 16.2. The van der Waals surface area contributed by atoms with Crippen molar-refractivity contribution in [3.05, 3.63) is 58.7 Å². The van der Waals surface area contributed by atoms with Crippen molar-refractivity contribution in [2.75, 3.05) is 38.8 Å². The topological polar surface area (TPSA) is 71.1 Å². The van der Waals surface area contributed by atoms with Gasteiger partial charge < -0.3 is 24.6 Å². The lowest BCUT2D eigenvalue weighted by atomic mass is 9.73. The number of hydrogen-bond acceptors (Lipinski definition) is 7. The number of rotatable bonds is 6. The molecule has 1 N–H and O–H groups in total. The molecule has 1 aliphatic carbocycles. The number of carbonyl (C=O) groups is 2. The molecule has 3 aliphatic heterocycles. The molecule has 9 heteroatoms. The Morgan fingerprint density at radius 2 is 1.42 bits per heavy atom. The van der Waals surface area contributed by atoms with Gasteiger partial charge in [0.25, 0.3) is 0 Å². The molecule has 0 bridgehead atoms. The molecule has 1 saturated heterocycles. The van der Waals surface area contributed by atoms with Crippen molar-refractivity contribution in [1.29, 1.82) is 0 Å². The second-order valence-corrected chi connectivity index (χ2v) is 17.0. The fourth-order valence-corrected chi connectivity index (χ4v) is 8.60. The average Bonchev–Trinajstić information content (AvgIpc) is 3.52. The number of amides is 2. The first-order valence-electron chi connectivity index (χ1n) is 17.8. The zero-order valence-corrected chi connectivity index (χ0v) is 31.9. The number of fused-ring (bicyclic) bond motifs is 2. The molecular formula is C39H57N3O4S2. The first-order chi connectivity index (χ1) is 22.9. The van der Waals surface area contributed by atoms with Gasteiger partial charge in [0.15, 0.2) is 0 Å². The summed E-state index contributed by atoms with van der Waals surface area (Å²) in [7, 11) is 0. The molecule has 0 unspecified atom stereocenters. The fraction of sp³-hybridized carbons (Fsp3) is 0.641. The summed E-state index contributed by atoms with van der Waals surface area (Å²) in [6.07, 6.45) is 11.2. The monoisotopic (exact) mass is 695 g/mol. The quantitative estimate of drug-likeness (QED) is 0.308. The van der Waals surface area contributed by atoms with Crippen LogP contribution >= 0.6 is 23.5 Å². The van der Waals surface area contributed by atoms with Crippen molar-refractivity contribution < 1.29 is 19.1 Å². The van der Waals surface area contributed by atoms with Crippen LogP contribution in [0.4, 0.5) is 4.79 Å². The number of nitrogens with one attached hydrogen (secondary N) is 1. The lowest BCUT2D eigenvalue weighted by Gasteiger charge is -2.40. The average molecular weight is 696 g/mol. The maximum absolute atomic E-state index is 13.8. The molecule has 6 rings (SSSR count). The van der Waals surface area contributed by atoms with Crippen LogP contribution in [0, 0.1) is 11.3 Å². The van der Waals surface area contributed by atoms with Gasteiger partial charge in [-0.1, -0.05) is 26.0 Å². The molecule has 2 atom stereocenters. The van der Waals surface area contributed by atoms with Gasteiger partial charge in [-0.05, 0) is 131 Å². The molecule has 264 valence electrons. The van der Waals surface area contributed by atoms with Gasteiger partial charge in [0.1, 0.15) is 5.60 Å². The Balaban J connectivity index is 0.000000206. The minimum Gasteiger partial charge on any atom is -0.444 e. The van der Waals surface area contributed by atoms with E-state index in [0.717, 1.165) is 77.8 Å². The van der Waals surface area contributed by atoms with E-state index in [0.29, 0.717) is 30.5 Å². The smallest absolute Gasteiger partial charge is 0.410 e. The third-order valence-electron chi connectivity index (χ3n) is 10.6. The zero-order valence-electron chi connectivity index (χ0n) is 30.2.